The Morgan fingerprint density at radius 1 is 1.43 bits per heavy atom. The van der Waals surface area contributed by atoms with Crippen LogP contribution in [0.2, 0.25) is 0 Å². The van der Waals surface area contributed by atoms with Crippen LogP contribution in [0.4, 0.5) is 0 Å². The molecule has 1 aliphatic rings. The number of aryl methyl sites for hydroxylation is 1. The predicted molar refractivity (Wildman–Crippen MR) is 85.3 cm³/mol. The molecule has 6 nitrogen and oxygen atoms in total. The van der Waals surface area contributed by atoms with E-state index in [1.165, 1.54) is 12.8 Å². The zero-order valence-electron chi connectivity index (χ0n) is 13.2. The van der Waals surface area contributed by atoms with E-state index in [2.05, 4.69) is 43.5 Å². The number of nitrogens with zero attached hydrogens (tertiary/aromatic N) is 5. The zero-order valence-corrected chi connectivity index (χ0v) is 13.2. The van der Waals surface area contributed by atoms with Gasteiger partial charge in [0.2, 0.25) is 0 Å². The number of hydrogen-bond donors (Lipinski definition) is 1. The molecule has 2 heterocycles. The quantitative estimate of drug-likeness (QED) is 0.489. The van der Waals surface area contributed by atoms with E-state index in [1.807, 2.05) is 6.92 Å². The van der Waals surface area contributed by atoms with Crippen LogP contribution in [0.25, 0.3) is 0 Å². The number of rotatable bonds is 6. The molecule has 116 valence electrons. The Morgan fingerprint density at radius 3 is 2.86 bits per heavy atom. The maximum Gasteiger partial charge on any atom is 0.194 e. The van der Waals surface area contributed by atoms with Crippen molar-refractivity contribution in [2.45, 2.75) is 39.7 Å². The lowest BCUT2D eigenvalue weighted by Crippen LogP contribution is -2.41. The summed E-state index contributed by atoms with van der Waals surface area (Å²) in [7, 11) is 0. The van der Waals surface area contributed by atoms with Gasteiger partial charge in [0.15, 0.2) is 5.96 Å². The van der Waals surface area contributed by atoms with E-state index in [0.29, 0.717) is 6.54 Å². The summed E-state index contributed by atoms with van der Waals surface area (Å²) in [6.07, 6.45) is 5.20. The predicted octanol–water partition coefficient (Wildman–Crippen LogP) is 1.46. The van der Waals surface area contributed by atoms with Gasteiger partial charge in [0, 0.05) is 32.6 Å². The highest BCUT2D eigenvalue weighted by atomic mass is 15.3. The lowest BCUT2D eigenvalue weighted by atomic mass is 10.4. The first kappa shape index (κ1) is 15.5. The molecule has 0 saturated carbocycles. The first-order valence-electron chi connectivity index (χ1n) is 7.75. The molecule has 0 spiro atoms. The van der Waals surface area contributed by atoms with E-state index in [-0.39, 0.29) is 0 Å². The second-order valence-corrected chi connectivity index (χ2v) is 5.51. The van der Waals surface area contributed by atoms with Crippen LogP contribution in [0.1, 0.15) is 32.5 Å². The number of nitrogens with one attached hydrogen (secondary N) is 1. The van der Waals surface area contributed by atoms with E-state index in [1.54, 1.807) is 6.33 Å². The molecule has 1 N–H and O–H groups in total. The van der Waals surface area contributed by atoms with Gasteiger partial charge in [-0.15, -0.1) is 10.2 Å². The van der Waals surface area contributed by atoms with Crippen molar-refractivity contribution in [3.63, 3.8) is 0 Å². The Hall–Kier alpha value is -1.85. The van der Waals surface area contributed by atoms with Gasteiger partial charge < -0.3 is 14.8 Å². The highest BCUT2D eigenvalue weighted by molar-refractivity contribution is 5.80. The summed E-state index contributed by atoms with van der Waals surface area (Å²) in [5.41, 5.74) is 1.08. The summed E-state index contributed by atoms with van der Waals surface area (Å²) < 4.78 is 2.09. The molecule has 1 aromatic heterocycles. The number of guanidine groups is 1. The van der Waals surface area contributed by atoms with E-state index >= 15 is 0 Å². The third kappa shape index (κ3) is 4.58. The van der Waals surface area contributed by atoms with E-state index in [9.17, 15) is 0 Å². The molecule has 0 atom stereocenters. The van der Waals surface area contributed by atoms with Gasteiger partial charge in [-0.25, -0.2) is 4.99 Å². The van der Waals surface area contributed by atoms with Crippen LogP contribution in [0.15, 0.2) is 23.5 Å². The fraction of sp³-hybridized carbons (Fsp3) is 0.667. The summed E-state index contributed by atoms with van der Waals surface area (Å²) in [4.78, 5) is 6.99. The summed E-state index contributed by atoms with van der Waals surface area (Å²) in [5, 5.41) is 11.5. The van der Waals surface area contributed by atoms with Gasteiger partial charge in [-0.2, -0.15) is 0 Å². The first-order valence-corrected chi connectivity index (χ1v) is 7.75. The highest BCUT2D eigenvalue weighted by Crippen LogP contribution is 2.07. The van der Waals surface area contributed by atoms with Gasteiger partial charge in [0.1, 0.15) is 12.2 Å². The molecule has 0 aromatic carbocycles. The van der Waals surface area contributed by atoms with Gasteiger partial charge >= 0.3 is 0 Å². The standard InChI is InChI=1S/C15H26N6/c1-4-14-19-18-12-21(14)10-7-16-15(17-11-13(2)3)20-8-5-6-9-20/h12H,2,4-11H2,1,3H3,(H,16,17). The van der Waals surface area contributed by atoms with Crippen LogP contribution in [-0.2, 0) is 13.0 Å². The summed E-state index contributed by atoms with van der Waals surface area (Å²) in [5.74, 6) is 2.03. The molecule has 0 amide bonds. The fourth-order valence-electron chi connectivity index (χ4n) is 2.43. The van der Waals surface area contributed by atoms with Gasteiger partial charge in [-0.3, -0.25) is 0 Å². The minimum atomic E-state index is 0.686. The smallest absolute Gasteiger partial charge is 0.194 e. The monoisotopic (exact) mass is 290 g/mol. The Bertz CT molecular complexity index is 484. The average molecular weight is 290 g/mol. The van der Waals surface area contributed by atoms with Crippen LogP contribution < -0.4 is 5.32 Å². The average Bonchev–Trinajstić information content (AvgIpc) is 3.13. The van der Waals surface area contributed by atoms with Gasteiger partial charge in [-0.05, 0) is 19.8 Å². The normalized spacial score (nSPS) is 15.5. The molecule has 2 rings (SSSR count). The Labute approximate surface area is 127 Å². The van der Waals surface area contributed by atoms with Crippen molar-refractivity contribution >= 4 is 5.96 Å². The maximum atomic E-state index is 4.66. The lowest BCUT2D eigenvalue weighted by molar-refractivity contribution is 0.487. The van der Waals surface area contributed by atoms with Crippen LogP contribution in [-0.4, -0.2) is 51.8 Å². The van der Waals surface area contributed by atoms with Crippen LogP contribution >= 0.6 is 0 Å². The van der Waals surface area contributed by atoms with Gasteiger partial charge in [0.05, 0.1) is 6.54 Å². The lowest BCUT2D eigenvalue weighted by Gasteiger charge is -2.21. The van der Waals surface area contributed by atoms with Crippen molar-refractivity contribution in [1.82, 2.24) is 25.0 Å². The van der Waals surface area contributed by atoms with Crippen LogP contribution in [0, 0.1) is 0 Å². The van der Waals surface area contributed by atoms with Gasteiger partial charge in [-0.1, -0.05) is 19.1 Å². The Morgan fingerprint density at radius 2 is 2.19 bits per heavy atom. The van der Waals surface area contributed by atoms with Crippen molar-refractivity contribution in [3.05, 3.63) is 24.3 Å². The molecule has 1 fully saturated rings. The Kier molecular flexibility index (Phi) is 5.78. The molecule has 21 heavy (non-hydrogen) atoms. The minimum absolute atomic E-state index is 0.686. The number of hydrogen-bond acceptors (Lipinski definition) is 3. The summed E-state index contributed by atoms with van der Waals surface area (Å²) >= 11 is 0. The van der Waals surface area contributed by atoms with Crippen molar-refractivity contribution in [2.24, 2.45) is 4.99 Å². The maximum absolute atomic E-state index is 4.66. The highest BCUT2D eigenvalue weighted by Gasteiger charge is 2.15. The van der Waals surface area contributed by atoms with Crippen LogP contribution in [0.5, 0.6) is 0 Å². The third-order valence-corrected chi connectivity index (χ3v) is 3.55. The zero-order chi connectivity index (χ0) is 15.1. The van der Waals surface area contributed by atoms with Gasteiger partial charge in [0.25, 0.3) is 0 Å². The number of aromatic nitrogens is 3. The summed E-state index contributed by atoms with van der Waals surface area (Å²) in [6.45, 7) is 12.6. The number of likely N-dealkylation sites (tertiary alicyclic amines) is 1. The second kappa shape index (κ2) is 7.81. The minimum Gasteiger partial charge on any atom is -0.354 e. The van der Waals surface area contributed by atoms with Crippen molar-refractivity contribution in [2.75, 3.05) is 26.2 Å². The third-order valence-electron chi connectivity index (χ3n) is 3.55. The molecule has 1 saturated heterocycles. The van der Waals surface area contributed by atoms with E-state index in [0.717, 1.165) is 50.0 Å². The van der Waals surface area contributed by atoms with Crippen molar-refractivity contribution in [3.8, 4) is 0 Å². The molecular weight excluding hydrogens is 264 g/mol. The van der Waals surface area contributed by atoms with E-state index < -0.39 is 0 Å². The van der Waals surface area contributed by atoms with E-state index in [4.69, 9.17) is 0 Å². The van der Waals surface area contributed by atoms with Crippen molar-refractivity contribution in [1.29, 1.82) is 0 Å². The van der Waals surface area contributed by atoms with Crippen molar-refractivity contribution < 1.29 is 0 Å². The fourth-order valence-corrected chi connectivity index (χ4v) is 2.43. The second-order valence-electron chi connectivity index (χ2n) is 5.51. The SMILES string of the molecule is C=C(C)CN=C(NCCn1cnnc1CC)N1CCCC1. The summed E-state index contributed by atoms with van der Waals surface area (Å²) in [6, 6.07) is 0. The Balaban J connectivity index is 1.89. The number of aliphatic imine (C=N–C) groups is 1. The molecule has 0 bridgehead atoms. The molecule has 0 unspecified atom stereocenters. The molecule has 0 radical (unpaired) electrons. The molecule has 0 aliphatic carbocycles. The molecule has 1 aliphatic heterocycles. The van der Waals surface area contributed by atoms with Crippen LogP contribution in [0.3, 0.4) is 0 Å². The molecule has 6 heteroatoms. The largest absolute Gasteiger partial charge is 0.354 e. The topological polar surface area (TPSA) is 58.3 Å². The first-order chi connectivity index (χ1) is 10.2. The molecular formula is C15H26N6. The molecule has 1 aromatic rings.